The Balaban J connectivity index is 2.41. The first kappa shape index (κ1) is 19.6. The summed E-state index contributed by atoms with van der Waals surface area (Å²) < 4.78 is 31.8. The highest BCUT2D eigenvalue weighted by Gasteiger charge is 2.31. The third kappa shape index (κ3) is 5.35. The maximum absolute atomic E-state index is 12.1. The smallest absolute Gasteiger partial charge is 0.356 e. The molecule has 1 aliphatic heterocycles. The van der Waals surface area contributed by atoms with Gasteiger partial charge in [0.2, 0.25) is 0 Å². The summed E-state index contributed by atoms with van der Waals surface area (Å²) in [4.78, 5) is 12.1. The van der Waals surface area contributed by atoms with Gasteiger partial charge in [0.15, 0.2) is 0 Å². The third-order valence-electron chi connectivity index (χ3n) is 3.22. The second kappa shape index (κ2) is 8.07. The second-order valence-electron chi connectivity index (χ2n) is 5.18. The van der Waals surface area contributed by atoms with Crippen molar-refractivity contribution in [3.63, 3.8) is 0 Å². The number of allylic oxidation sites excluding steroid dienone is 1. The molecule has 1 aromatic carbocycles. The molecule has 136 valence electrons. The minimum Gasteiger partial charge on any atom is -0.461 e. The highest BCUT2D eigenvalue weighted by Crippen LogP contribution is 2.30. The number of benzene rings is 1. The van der Waals surface area contributed by atoms with Gasteiger partial charge in [0.25, 0.3) is 0 Å². The molecule has 1 N–H and O–H groups in total. The van der Waals surface area contributed by atoms with Crippen molar-refractivity contribution in [2.24, 2.45) is 5.16 Å². The predicted octanol–water partition coefficient (Wildman–Crippen LogP) is 2.72. The lowest BCUT2D eigenvalue weighted by atomic mass is 9.97. The van der Waals surface area contributed by atoms with Crippen LogP contribution in [0, 0.1) is 0 Å². The molecule has 0 fully saturated rings. The van der Waals surface area contributed by atoms with E-state index in [0.29, 0.717) is 5.02 Å². The molecular formula is C15H16Cl2N2O5S. The quantitative estimate of drug-likeness (QED) is 0.596. The zero-order valence-electron chi connectivity index (χ0n) is 13.5. The third-order valence-corrected chi connectivity index (χ3v) is 4.23. The first-order valence-electron chi connectivity index (χ1n) is 7.26. The van der Waals surface area contributed by atoms with Gasteiger partial charge in [0.05, 0.1) is 23.9 Å². The number of ether oxygens (including phenoxy) is 1. The lowest BCUT2D eigenvalue weighted by Crippen LogP contribution is -2.35. The molecule has 0 bridgehead atoms. The molecule has 10 heteroatoms. The maximum atomic E-state index is 12.1. The largest absolute Gasteiger partial charge is 0.461 e. The van der Waals surface area contributed by atoms with E-state index in [4.69, 9.17) is 27.9 Å². The van der Waals surface area contributed by atoms with Crippen LogP contribution in [-0.2, 0) is 23.9 Å². The number of carbonyl (C=O) groups excluding carboxylic acids is 1. The number of carbonyl (C=O) groups is 1. The minimum absolute atomic E-state index is 0.00873. The Morgan fingerprint density at radius 2 is 1.96 bits per heavy atom. The monoisotopic (exact) mass is 406 g/mol. The summed E-state index contributed by atoms with van der Waals surface area (Å²) in [5.41, 5.74) is 0.918. The molecule has 0 saturated heterocycles. The fourth-order valence-corrected chi connectivity index (χ4v) is 2.75. The maximum Gasteiger partial charge on any atom is 0.356 e. The van der Waals surface area contributed by atoms with Crippen molar-refractivity contribution in [2.45, 2.75) is 19.4 Å². The summed E-state index contributed by atoms with van der Waals surface area (Å²) >= 11 is 12.1. The van der Waals surface area contributed by atoms with Crippen LogP contribution in [0.15, 0.2) is 40.2 Å². The van der Waals surface area contributed by atoms with E-state index >= 15 is 0 Å². The summed E-state index contributed by atoms with van der Waals surface area (Å²) in [6.45, 7) is 1.82. The fraction of sp³-hybridized carbons (Fsp3) is 0.333. The van der Waals surface area contributed by atoms with Crippen molar-refractivity contribution in [3.8, 4) is 0 Å². The van der Waals surface area contributed by atoms with Crippen molar-refractivity contribution in [1.82, 2.24) is 5.32 Å². The summed E-state index contributed by atoms with van der Waals surface area (Å²) in [5.74, 6) is -0.668. The first-order valence-corrected chi connectivity index (χ1v) is 9.83. The molecule has 1 atom stereocenters. The Labute approximate surface area is 155 Å². The number of rotatable bonds is 5. The Hall–Kier alpha value is -1.77. The van der Waals surface area contributed by atoms with Gasteiger partial charge in [-0.15, -0.1) is 0 Å². The van der Waals surface area contributed by atoms with Gasteiger partial charge in [-0.1, -0.05) is 40.5 Å². The average Bonchev–Trinajstić information content (AvgIpc) is 2.54. The van der Waals surface area contributed by atoms with Crippen LogP contribution in [0.2, 0.25) is 5.02 Å². The Morgan fingerprint density at radius 1 is 1.32 bits per heavy atom. The lowest BCUT2D eigenvalue weighted by molar-refractivity contribution is -0.139. The van der Waals surface area contributed by atoms with Crippen LogP contribution in [0.25, 0.3) is 0 Å². The normalized spacial score (nSPS) is 19.5. The van der Waals surface area contributed by atoms with Gasteiger partial charge in [0.1, 0.15) is 11.4 Å². The van der Waals surface area contributed by atoms with Gasteiger partial charge < -0.3 is 10.1 Å². The van der Waals surface area contributed by atoms with Crippen LogP contribution in [0.1, 0.15) is 24.9 Å². The van der Waals surface area contributed by atoms with E-state index in [0.717, 1.165) is 11.8 Å². The first-order chi connectivity index (χ1) is 11.7. The topological polar surface area (TPSA) is 94.1 Å². The van der Waals surface area contributed by atoms with Crippen LogP contribution in [0.3, 0.4) is 0 Å². The number of halogens is 2. The Morgan fingerprint density at radius 3 is 2.52 bits per heavy atom. The number of hydrogen-bond acceptors (Lipinski definition) is 7. The van der Waals surface area contributed by atoms with Crippen LogP contribution in [0.5, 0.6) is 0 Å². The van der Waals surface area contributed by atoms with E-state index in [1.165, 1.54) is 0 Å². The summed E-state index contributed by atoms with van der Waals surface area (Å²) in [6.07, 6.45) is 1.07. The number of esters is 1. The highest BCUT2D eigenvalue weighted by atomic mass is 35.5. The summed E-state index contributed by atoms with van der Waals surface area (Å²) in [7, 11) is -3.81. The molecular weight excluding hydrogens is 391 g/mol. The van der Waals surface area contributed by atoms with E-state index in [1.807, 2.05) is 0 Å². The minimum atomic E-state index is -3.81. The Kier molecular flexibility index (Phi) is 6.31. The molecule has 0 aromatic heterocycles. The van der Waals surface area contributed by atoms with E-state index in [1.54, 1.807) is 31.2 Å². The van der Waals surface area contributed by atoms with Crippen molar-refractivity contribution in [2.75, 3.05) is 12.9 Å². The molecule has 0 spiro atoms. The average molecular weight is 407 g/mol. The second-order valence-corrected chi connectivity index (χ2v) is 7.55. The van der Waals surface area contributed by atoms with Gasteiger partial charge in [-0.3, -0.25) is 4.28 Å². The molecule has 1 aromatic rings. The molecule has 1 heterocycles. The van der Waals surface area contributed by atoms with Crippen LogP contribution in [-0.4, -0.2) is 33.0 Å². The van der Waals surface area contributed by atoms with Crippen LogP contribution < -0.4 is 5.32 Å². The highest BCUT2D eigenvalue weighted by molar-refractivity contribution is 7.85. The standard InChI is InChI=1S/C15H16Cl2N2O5S/c1-3-23-15(20)14-13(17)12(19-24-25(2,21)22)8-11(18-14)9-4-6-10(16)7-5-9/h4-7,11,18H,3,8H2,1-2H3. The van der Waals surface area contributed by atoms with Gasteiger partial charge in [-0.25, -0.2) is 4.79 Å². The van der Waals surface area contributed by atoms with Crippen molar-refractivity contribution >= 4 is 45.0 Å². The molecule has 7 nitrogen and oxygen atoms in total. The molecule has 0 amide bonds. The van der Waals surface area contributed by atoms with Crippen molar-refractivity contribution in [1.29, 1.82) is 0 Å². The SMILES string of the molecule is CCOC(=O)C1=C(Cl)C(=NOS(C)(=O)=O)CC(c2ccc(Cl)cc2)N1. The lowest BCUT2D eigenvalue weighted by Gasteiger charge is -2.27. The van der Waals surface area contributed by atoms with Gasteiger partial charge in [-0.05, 0) is 24.6 Å². The summed E-state index contributed by atoms with van der Waals surface area (Å²) in [6, 6.07) is 6.56. The predicted molar refractivity (Wildman–Crippen MR) is 94.8 cm³/mol. The van der Waals surface area contributed by atoms with E-state index in [2.05, 4.69) is 14.8 Å². The van der Waals surface area contributed by atoms with Crippen LogP contribution >= 0.6 is 23.2 Å². The molecule has 2 rings (SSSR count). The van der Waals surface area contributed by atoms with Gasteiger partial charge >= 0.3 is 16.1 Å². The van der Waals surface area contributed by atoms with Crippen LogP contribution in [0.4, 0.5) is 0 Å². The van der Waals surface area contributed by atoms with E-state index < -0.39 is 16.1 Å². The van der Waals surface area contributed by atoms with Crippen molar-refractivity contribution < 1.29 is 22.2 Å². The summed E-state index contributed by atoms with van der Waals surface area (Å²) in [5, 5.41) is 7.10. The number of nitrogens with one attached hydrogen (secondary N) is 1. The Bertz CT molecular complexity index is 819. The molecule has 0 aliphatic carbocycles. The zero-order chi connectivity index (χ0) is 18.6. The molecule has 1 aliphatic rings. The van der Waals surface area contributed by atoms with Gasteiger partial charge in [0, 0.05) is 11.4 Å². The molecule has 0 saturated carbocycles. The number of oxime groups is 1. The van der Waals surface area contributed by atoms with Crippen molar-refractivity contribution in [3.05, 3.63) is 45.6 Å². The van der Waals surface area contributed by atoms with E-state index in [-0.39, 0.29) is 35.5 Å². The number of nitrogens with zero attached hydrogens (tertiary/aromatic N) is 1. The molecule has 0 radical (unpaired) electrons. The number of hydrogen-bond donors (Lipinski definition) is 1. The van der Waals surface area contributed by atoms with Gasteiger partial charge in [-0.2, -0.15) is 8.42 Å². The zero-order valence-corrected chi connectivity index (χ0v) is 15.8. The molecule has 1 unspecified atom stereocenters. The van der Waals surface area contributed by atoms with E-state index in [9.17, 15) is 13.2 Å². The molecule has 25 heavy (non-hydrogen) atoms. The fourth-order valence-electron chi connectivity index (χ4n) is 2.15.